The summed E-state index contributed by atoms with van der Waals surface area (Å²) in [5.74, 6) is 1.04. The molecule has 2 rings (SSSR count). The van der Waals surface area contributed by atoms with E-state index < -0.39 is 5.60 Å². The number of hydrogen-bond donors (Lipinski definition) is 2. The molecule has 0 bridgehead atoms. The number of nitrogens with two attached hydrogens (primary N) is 1. The van der Waals surface area contributed by atoms with Gasteiger partial charge in [0.25, 0.3) is 0 Å². The molecule has 0 aliphatic heterocycles. The van der Waals surface area contributed by atoms with Crippen molar-refractivity contribution in [3.8, 4) is 0 Å². The van der Waals surface area contributed by atoms with Gasteiger partial charge in [-0.05, 0) is 50.3 Å². The molecule has 1 saturated carbocycles. The number of pyridine rings is 1. The van der Waals surface area contributed by atoms with Crippen LogP contribution in [-0.4, -0.2) is 28.0 Å². The Morgan fingerprint density at radius 2 is 2.18 bits per heavy atom. The zero-order chi connectivity index (χ0) is 12.5. The Hall–Kier alpha value is -0.580. The molecule has 0 spiro atoms. The minimum absolute atomic E-state index is 0.343. The van der Waals surface area contributed by atoms with Crippen LogP contribution in [0.5, 0.6) is 0 Å². The molecular weight excluding hydrogens is 232 g/mol. The maximum absolute atomic E-state index is 10.4. The summed E-state index contributed by atoms with van der Waals surface area (Å²) in [5, 5.41) is 11.4. The summed E-state index contributed by atoms with van der Waals surface area (Å²) in [6.45, 7) is 4.40. The van der Waals surface area contributed by atoms with Crippen LogP contribution in [0.2, 0.25) is 0 Å². The van der Waals surface area contributed by atoms with E-state index in [-0.39, 0.29) is 0 Å². The maximum atomic E-state index is 10.4. The number of aliphatic hydroxyl groups is 1. The quantitative estimate of drug-likeness (QED) is 0.786. The third-order valence-corrected chi connectivity index (χ3v) is 4.38. The minimum atomic E-state index is -0.704. The molecule has 1 fully saturated rings. The van der Waals surface area contributed by atoms with E-state index in [1.54, 1.807) is 11.8 Å². The molecule has 1 aromatic heterocycles. The Labute approximate surface area is 107 Å². The van der Waals surface area contributed by atoms with Gasteiger partial charge in [-0.25, -0.2) is 4.98 Å². The lowest BCUT2D eigenvalue weighted by Crippen LogP contribution is -2.42. The van der Waals surface area contributed by atoms with Gasteiger partial charge in [-0.3, -0.25) is 0 Å². The number of thioether (sulfide) groups is 1. The molecule has 0 radical (unpaired) electrons. The highest BCUT2D eigenvalue weighted by Gasteiger charge is 2.42. The highest BCUT2D eigenvalue weighted by molar-refractivity contribution is 7.99. The van der Waals surface area contributed by atoms with Crippen molar-refractivity contribution in [2.75, 3.05) is 12.3 Å². The second kappa shape index (κ2) is 4.96. The van der Waals surface area contributed by atoms with Gasteiger partial charge in [-0.15, -0.1) is 11.8 Å². The molecule has 0 saturated heterocycles. The summed E-state index contributed by atoms with van der Waals surface area (Å²) in [6, 6.07) is 4.11. The van der Waals surface area contributed by atoms with Crippen molar-refractivity contribution in [2.45, 2.75) is 37.3 Å². The first-order valence-electron chi connectivity index (χ1n) is 6.04. The van der Waals surface area contributed by atoms with Gasteiger partial charge in [0.1, 0.15) is 0 Å². The van der Waals surface area contributed by atoms with E-state index in [0.29, 0.717) is 18.2 Å². The molecule has 94 valence electrons. The molecule has 0 amide bonds. The number of nitrogens with zero attached hydrogens (tertiary/aromatic N) is 1. The maximum Gasteiger partial charge on any atom is 0.0966 e. The topological polar surface area (TPSA) is 59.1 Å². The van der Waals surface area contributed by atoms with Crippen LogP contribution in [0.15, 0.2) is 17.2 Å². The molecule has 1 unspecified atom stereocenters. The Kier molecular flexibility index (Phi) is 3.76. The second-order valence-corrected chi connectivity index (χ2v) is 5.99. The molecule has 1 aliphatic rings. The van der Waals surface area contributed by atoms with Gasteiger partial charge in [-0.2, -0.15) is 0 Å². The van der Waals surface area contributed by atoms with E-state index in [1.807, 2.05) is 6.92 Å². The van der Waals surface area contributed by atoms with Crippen molar-refractivity contribution < 1.29 is 5.11 Å². The first kappa shape index (κ1) is 12.9. The fraction of sp³-hybridized carbons (Fsp3) is 0.615. The first-order valence-corrected chi connectivity index (χ1v) is 7.02. The Bertz CT molecular complexity index is 386. The van der Waals surface area contributed by atoms with Gasteiger partial charge in [0.15, 0.2) is 0 Å². The molecule has 3 nitrogen and oxygen atoms in total. The molecule has 3 N–H and O–H groups in total. The normalized spacial score (nSPS) is 19.1. The van der Waals surface area contributed by atoms with Crippen LogP contribution < -0.4 is 5.73 Å². The van der Waals surface area contributed by atoms with E-state index in [0.717, 1.165) is 23.6 Å². The van der Waals surface area contributed by atoms with Gasteiger partial charge >= 0.3 is 0 Å². The highest BCUT2D eigenvalue weighted by atomic mass is 32.2. The van der Waals surface area contributed by atoms with Crippen LogP contribution in [-0.2, 0) is 0 Å². The fourth-order valence-electron chi connectivity index (χ4n) is 2.04. The molecule has 1 atom stereocenters. The van der Waals surface area contributed by atoms with Gasteiger partial charge in [-0.1, -0.05) is 0 Å². The van der Waals surface area contributed by atoms with Crippen LogP contribution in [0.1, 0.15) is 24.1 Å². The Balaban J connectivity index is 2.01. The smallest absolute Gasteiger partial charge is 0.0966 e. The number of aryl methyl sites for hydroxylation is 2. The van der Waals surface area contributed by atoms with Crippen molar-refractivity contribution in [1.82, 2.24) is 4.98 Å². The minimum Gasteiger partial charge on any atom is -0.387 e. The van der Waals surface area contributed by atoms with Crippen LogP contribution in [0.25, 0.3) is 0 Å². The van der Waals surface area contributed by atoms with Crippen molar-refractivity contribution >= 4 is 11.8 Å². The van der Waals surface area contributed by atoms with E-state index in [4.69, 9.17) is 5.73 Å². The molecule has 0 aromatic carbocycles. The number of hydrogen-bond acceptors (Lipinski definition) is 4. The standard InChI is InChI=1S/C13H20N2OS/c1-9-5-10(2)15-12(6-9)17-8-13(16,7-14)11-3-4-11/h5-6,11,16H,3-4,7-8,14H2,1-2H3. The summed E-state index contributed by atoms with van der Waals surface area (Å²) in [4.78, 5) is 4.46. The molecule has 4 heteroatoms. The fourth-order valence-corrected chi connectivity index (χ4v) is 3.27. The first-order chi connectivity index (χ1) is 8.03. The zero-order valence-corrected chi connectivity index (χ0v) is 11.3. The summed E-state index contributed by atoms with van der Waals surface area (Å²) in [6.07, 6.45) is 2.21. The summed E-state index contributed by atoms with van der Waals surface area (Å²) < 4.78 is 0. The predicted molar refractivity (Wildman–Crippen MR) is 71.2 cm³/mol. The van der Waals surface area contributed by atoms with E-state index in [1.165, 1.54) is 5.56 Å². The van der Waals surface area contributed by atoms with Crippen molar-refractivity contribution in [1.29, 1.82) is 0 Å². The number of aromatic nitrogens is 1. The summed E-state index contributed by atoms with van der Waals surface area (Å²) in [5.41, 5.74) is 7.22. The second-order valence-electron chi connectivity index (χ2n) is 4.99. The van der Waals surface area contributed by atoms with Crippen LogP contribution in [0, 0.1) is 19.8 Å². The summed E-state index contributed by atoms with van der Waals surface area (Å²) in [7, 11) is 0. The molecule has 17 heavy (non-hydrogen) atoms. The van der Waals surface area contributed by atoms with Gasteiger partial charge in [0.2, 0.25) is 0 Å². The van der Waals surface area contributed by atoms with Gasteiger partial charge in [0, 0.05) is 18.0 Å². The van der Waals surface area contributed by atoms with E-state index in [9.17, 15) is 5.11 Å². The van der Waals surface area contributed by atoms with Crippen LogP contribution >= 0.6 is 11.8 Å². The van der Waals surface area contributed by atoms with Gasteiger partial charge < -0.3 is 10.8 Å². The summed E-state index contributed by atoms with van der Waals surface area (Å²) >= 11 is 1.61. The van der Waals surface area contributed by atoms with Crippen LogP contribution in [0.4, 0.5) is 0 Å². The number of rotatable bonds is 5. The van der Waals surface area contributed by atoms with E-state index in [2.05, 4.69) is 24.0 Å². The third-order valence-electron chi connectivity index (χ3n) is 3.23. The molecule has 1 heterocycles. The zero-order valence-electron chi connectivity index (χ0n) is 10.4. The van der Waals surface area contributed by atoms with Crippen molar-refractivity contribution in [2.24, 2.45) is 11.7 Å². The van der Waals surface area contributed by atoms with Crippen LogP contribution in [0.3, 0.4) is 0 Å². The predicted octanol–water partition coefficient (Wildman–Crippen LogP) is 1.89. The Morgan fingerprint density at radius 1 is 1.47 bits per heavy atom. The molecular formula is C13H20N2OS. The monoisotopic (exact) mass is 252 g/mol. The lowest BCUT2D eigenvalue weighted by Gasteiger charge is -2.25. The largest absolute Gasteiger partial charge is 0.387 e. The average molecular weight is 252 g/mol. The Morgan fingerprint density at radius 3 is 2.71 bits per heavy atom. The SMILES string of the molecule is Cc1cc(C)nc(SCC(O)(CN)C2CC2)c1. The average Bonchev–Trinajstić information content (AvgIpc) is 3.08. The van der Waals surface area contributed by atoms with Gasteiger partial charge in [0.05, 0.1) is 10.6 Å². The molecule has 1 aromatic rings. The third kappa shape index (κ3) is 3.21. The van der Waals surface area contributed by atoms with Crippen molar-refractivity contribution in [3.05, 3.63) is 23.4 Å². The lowest BCUT2D eigenvalue weighted by atomic mass is 10.0. The van der Waals surface area contributed by atoms with Crippen molar-refractivity contribution in [3.63, 3.8) is 0 Å². The molecule has 1 aliphatic carbocycles. The lowest BCUT2D eigenvalue weighted by molar-refractivity contribution is 0.0510. The van der Waals surface area contributed by atoms with E-state index >= 15 is 0 Å². The highest BCUT2D eigenvalue weighted by Crippen LogP contribution is 2.41.